The van der Waals surface area contributed by atoms with Gasteiger partial charge in [0.1, 0.15) is 5.75 Å². The summed E-state index contributed by atoms with van der Waals surface area (Å²) in [5, 5.41) is 15.9. The number of hydrogen-bond donors (Lipinski definition) is 1. The molecule has 0 radical (unpaired) electrons. The normalized spacial score (nSPS) is 10.4. The number of nitro groups is 1. The highest BCUT2D eigenvalue weighted by atomic mass is 79.9. The van der Waals surface area contributed by atoms with Gasteiger partial charge < -0.3 is 4.74 Å². The molecule has 0 spiro atoms. The first-order valence-corrected chi connectivity index (χ1v) is 9.01. The molecule has 0 aliphatic heterocycles. The Kier molecular flexibility index (Phi) is 5.29. The van der Waals surface area contributed by atoms with Crippen LogP contribution in [-0.4, -0.2) is 22.9 Å². The van der Waals surface area contributed by atoms with Gasteiger partial charge in [0.05, 0.1) is 22.2 Å². The van der Waals surface area contributed by atoms with E-state index in [1.807, 2.05) is 24.3 Å². The summed E-state index contributed by atoms with van der Waals surface area (Å²) in [6.45, 7) is 0. The Morgan fingerprint density at radius 2 is 2.08 bits per heavy atom. The molecule has 1 N–H and O–H groups in total. The molecule has 26 heavy (non-hydrogen) atoms. The van der Waals surface area contributed by atoms with Gasteiger partial charge in [0, 0.05) is 22.6 Å². The molecule has 0 atom stereocenters. The van der Waals surface area contributed by atoms with Gasteiger partial charge in [-0.1, -0.05) is 12.1 Å². The zero-order valence-corrected chi connectivity index (χ0v) is 15.8. The summed E-state index contributed by atoms with van der Waals surface area (Å²) in [6.07, 6.45) is 0. The highest BCUT2D eigenvalue weighted by Crippen LogP contribution is 2.32. The van der Waals surface area contributed by atoms with E-state index in [0.717, 1.165) is 5.56 Å². The third-order valence-corrected chi connectivity index (χ3v) is 4.94. The van der Waals surface area contributed by atoms with Crippen LogP contribution >= 0.6 is 27.3 Å². The van der Waals surface area contributed by atoms with Crippen molar-refractivity contribution in [3.63, 3.8) is 0 Å². The van der Waals surface area contributed by atoms with Crippen molar-refractivity contribution in [2.24, 2.45) is 0 Å². The van der Waals surface area contributed by atoms with Gasteiger partial charge in [0.25, 0.3) is 11.6 Å². The lowest BCUT2D eigenvalue weighted by Crippen LogP contribution is -2.12. The highest BCUT2D eigenvalue weighted by molar-refractivity contribution is 9.10. The zero-order valence-electron chi connectivity index (χ0n) is 13.4. The number of ether oxygens (including phenoxy) is 1. The third-order valence-electron chi connectivity index (χ3n) is 3.51. The molecular weight excluding hydrogens is 422 g/mol. The molecule has 3 aromatic rings. The number of carbonyl (C=O) groups is 1. The Morgan fingerprint density at radius 3 is 2.81 bits per heavy atom. The van der Waals surface area contributed by atoms with E-state index >= 15 is 0 Å². The predicted octanol–water partition coefficient (Wildman–Crippen LogP) is 4.74. The SMILES string of the molecule is COc1ccccc1-c1csc(NC(=O)c2ccc(Br)c([N+](=O)[O-])c2)n1. The summed E-state index contributed by atoms with van der Waals surface area (Å²) in [5.41, 5.74) is 1.48. The van der Waals surface area contributed by atoms with E-state index in [0.29, 0.717) is 21.0 Å². The lowest BCUT2D eigenvalue weighted by Gasteiger charge is -2.05. The number of hydrogen-bond acceptors (Lipinski definition) is 6. The molecule has 1 aromatic heterocycles. The fourth-order valence-electron chi connectivity index (χ4n) is 2.27. The molecule has 0 aliphatic rings. The monoisotopic (exact) mass is 433 g/mol. The van der Waals surface area contributed by atoms with Gasteiger partial charge in [0.15, 0.2) is 5.13 Å². The van der Waals surface area contributed by atoms with Crippen LogP contribution in [0.5, 0.6) is 5.75 Å². The number of nitrogens with one attached hydrogen (secondary N) is 1. The number of amides is 1. The van der Waals surface area contributed by atoms with Crippen molar-refractivity contribution >= 4 is 44.0 Å². The maximum Gasteiger partial charge on any atom is 0.284 e. The van der Waals surface area contributed by atoms with Crippen LogP contribution in [0.4, 0.5) is 10.8 Å². The van der Waals surface area contributed by atoms with Crippen molar-refractivity contribution in [2.45, 2.75) is 0 Å². The first kappa shape index (κ1) is 18.0. The highest BCUT2D eigenvalue weighted by Gasteiger charge is 2.17. The number of methoxy groups -OCH3 is 1. The van der Waals surface area contributed by atoms with Crippen LogP contribution in [0, 0.1) is 10.1 Å². The number of nitrogens with zero attached hydrogens (tertiary/aromatic N) is 2. The molecule has 0 bridgehead atoms. The minimum absolute atomic E-state index is 0.175. The van der Waals surface area contributed by atoms with Crippen molar-refractivity contribution in [3.8, 4) is 17.0 Å². The fraction of sp³-hybridized carbons (Fsp3) is 0.0588. The molecule has 0 aliphatic carbocycles. The number of rotatable bonds is 5. The average Bonchev–Trinajstić information content (AvgIpc) is 3.10. The third kappa shape index (κ3) is 3.73. The lowest BCUT2D eigenvalue weighted by atomic mass is 10.1. The van der Waals surface area contributed by atoms with Crippen LogP contribution in [0.3, 0.4) is 0 Å². The largest absolute Gasteiger partial charge is 0.496 e. The van der Waals surface area contributed by atoms with Gasteiger partial charge >= 0.3 is 0 Å². The van der Waals surface area contributed by atoms with Gasteiger partial charge in [-0.2, -0.15) is 0 Å². The topological polar surface area (TPSA) is 94.4 Å². The molecule has 132 valence electrons. The number of anilines is 1. The molecule has 0 saturated carbocycles. The minimum atomic E-state index is -0.552. The minimum Gasteiger partial charge on any atom is -0.496 e. The molecule has 0 saturated heterocycles. The number of aromatic nitrogens is 1. The fourth-order valence-corrected chi connectivity index (χ4v) is 3.37. The summed E-state index contributed by atoms with van der Waals surface area (Å²) >= 11 is 4.35. The number of benzene rings is 2. The summed E-state index contributed by atoms with van der Waals surface area (Å²) in [4.78, 5) is 27.2. The van der Waals surface area contributed by atoms with E-state index in [4.69, 9.17) is 4.74 Å². The molecular formula is C17H12BrN3O4S. The van der Waals surface area contributed by atoms with Gasteiger partial charge in [-0.05, 0) is 40.2 Å². The number of halogens is 1. The van der Waals surface area contributed by atoms with E-state index in [1.54, 1.807) is 12.5 Å². The zero-order chi connectivity index (χ0) is 18.7. The average molecular weight is 434 g/mol. The van der Waals surface area contributed by atoms with Crippen LogP contribution in [0.25, 0.3) is 11.3 Å². The first-order valence-electron chi connectivity index (χ1n) is 7.34. The van der Waals surface area contributed by atoms with Gasteiger partial charge in [0.2, 0.25) is 0 Å². The number of carbonyl (C=O) groups excluding carboxylic acids is 1. The van der Waals surface area contributed by atoms with Crippen molar-refractivity contribution < 1.29 is 14.5 Å². The van der Waals surface area contributed by atoms with E-state index in [2.05, 4.69) is 26.2 Å². The van der Waals surface area contributed by atoms with E-state index < -0.39 is 10.8 Å². The second-order valence-corrected chi connectivity index (χ2v) is 6.83. The molecule has 2 aromatic carbocycles. The first-order chi connectivity index (χ1) is 12.5. The Balaban J connectivity index is 1.82. The maximum absolute atomic E-state index is 12.4. The maximum atomic E-state index is 12.4. The van der Waals surface area contributed by atoms with E-state index in [1.165, 1.54) is 29.5 Å². The van der Waals surface area contributed by atoms with Crippen molar-refractivity contribution in [1.82, 2.24) is 4.98 Å². The van der Waals surface area contributed by atoms with Crippen LogP contribution in [0.2, 0.25) is 0 Å². The summed E-state index contributed by atoms with van der Waals surface area (Å²) in [6, 6.07) is 11.6. The van der Waals surface area contributed by atoms with E-state index in [9.17, 15) is 14.9 Å². The molecule has 1 heterocycles. The van der Waals surface area contributed by atoms with Crippen LogP contribution in [-0.2, 0) is 0 Å². The van der Waals surface area contributed by atoms with Gasteiger partial charge in [-0.3, -0.25) is 20.2 Å². The lowest BCUT2D eigenvalue weighted by molar-refractivity contribution is -0.385. The molecule has 3 rings (SSSR count). The van der Waals surface area contributed by atoms with Crippen molar-refractivity contribution in [1.29, 1.82) is 0 Å². The standard InChI is InChI=1S/C17H12BrN3O4S/c1-25-15-5-3-2-4-11(15)13-9-26-17(19-13)20-16(22)10-6-7-12(18)14(8-10)21(23)24/h2-9H,1H3,(H,19,20,22). The molecule has 0 unspecified atom stereocenters. The molecule has 7 nitrogen and oxygen atoms in total. The molecule has 9 heteroatoms. The second kappa shape index (κ2) is 7.63. The Labute approximate surface area is 160 Å². The number of nitro benzene ring substituents is 1. The number of para-hydroxylation sites is 1. The number of thiazole rings is 1. The van der Waals surface area contributed by atoms with Gasteiger partial charge in [-0.25, -0.2) is 4.98 Å². The quantitative estimate of drug-likeness (QED) is 0.462. The smallest absolute Gasteiger partial charge is 0.284 e. The van der Waals surface area contributed by atoms with E-state index in [-0.39, 0.29) is 11.3 Å². The van der Waals surface area contributed by atoms with Crippen LogP contribution in [0.1, 0.15) is 10.4 Å². The van der Waals surface area contributed by atoms with Crippen molar-refractivity contribution in [2.75, 3.05) is 12.4 Å². The molecule has 0 fully saturated rings. The Bertz CT molecular complexity index is 990. The van der Waals surface area contributed by atoms with Crippen LogP contribution < -0.4 is 10.1 Å². The van der Waals surface area contributed by atoms with Crippen molar-refractivity contribution in [3.05, 3.63) is 68.0 Å². The second-order valence-electron chi connectivity index (χ2n) is 5.12. The van der Waals surface area contributed by atoms with Crippen LogP contribution in [0.15, 0.2) is 52.3 Å². The summed E-state index contributed by atoms with van der Waals surface area (Å²) < 4.78 is 5.63. The molecule has 1 amide bonds. The summed E-state index contributed by atoms with van der Waals surface area (Å²) in [7, 11) is 1.58. The summed E-state index contributed by atoms with van der Waals surface area (Å²) in [5.74, 6) is 0.209. The Morgan fingerprint density at radius 1 is 1.31 bits per heavy atom. The Hall–Kier alpha value is -2.78. The predicted molar refractivity (Wildman–Crippen MR) is 103 cm³/mol. The van der Waals surface area contributed by atoms with Gasteiger partial charge in [-0.15, -0.1) is 11.3 Å².